The monoisotopic (exact) mass is 191 g/mol. The van der Waals surface area contributed by atoms with Gasteiger partial charge in [0.2, 0.25) is 0 Å². The number of hydrogen-bond donors (Lipinski definition) is 1. The molecule has 0 radical (unpaired) electrons. The topological polar surface area (TPSA) is 37.8 Å². The van der Waals surface area contributed by atoms with E-state index in [0.29, 0.717) is 0 Å². The Morgan fingerprint density at radius 2 is 1.93 bits per heavy atom. The third-order valence-electron chi connectivity index (χ3n) is 2.84. The lowest BCUT2D eigenvalue weighted by molar-refractivity contribution is 0.405. The molecule has 1 atom stereocenters. The maximum Gasteiger partial charge on any atom is 0.148 e. The molecule has 0 amide bonds. The summed E-state index contributed by atoms with van der Waals surface area (Å²) in [7, 11) is 0. The van der Waals surface area contributed by atoms with Gasteiger partial charge in [-0.15, -0.1) is 0 Å². The maximum atomic E-state index is 4.51. The van der Waals surface area contributed by atoms with Gasteiger partial charge in [-0.05, 0) is 46.2 Å². The minimum atomic E-state index is -0.00319. The van der Waals surface area contributed by atoms with Gasteiger partial charge in [0.1, 0.15) is 5.82 Å². The zero-order chi connectivity index (χ0) is 10.2. The number of aryl methyl sites for hydroxylation is 2. The highest BCUT2D eigenvalue weighted by molar-refractivity contribution is 5.15. The van der Waals surface area contributed by atoms with E-state index in [2.05, 4.69) is 22.2 Å². The van der Waals surface area contributed by atoms with Gasteiger partial charge in [-0.3, -0.25) is 0 Å². The third-order valence-corrected chi connectivity index (χ3v) is 2.84. The largest absolute Gasteiger partial charge is 0.305 e. The summed E-state index contributed by atoms with van der Waals surface area (Å²) in [4.78, 5) is 9.03. The Kier molecular flexibility index (Phi) is 2.27. The maximum absolute atomic E-state index is 4.51. The molecular formula is C11H17N3. The molecule has 0 aliphatic carbocycles. The molecule has 2 rings (SSSR count). The Labute approximate surface area is 85.0 Å². The number of nitrogens with zero attached hydrogens (tertiary/aromatic N) is 2. The molecule has 14 heavy (non-hydrogen) atoms. The molecule has 1 saturated heterocycles. The van der Waals surface area contributed by atoms with Crippen LogP contribution in [0.2, 0.25) is 0 Å². The molecule has 3 nitrogen and oxygen atoms in total. The van der Waals surface area contributed by atoms with Crippen LogP contribution >= 0.6 is 0 Å². The molecule has 0 bridgehead atoms. The molecule has 0 spiro atoms. The van der Waals surface area contributed by atoms with E-state index in [-0.39, 0.29) is 5.54 Å². The Morgan fingerprint density at radius 1 is 1.29 bits per heavy atom. The van der Waals surface area contributed by atoms with Gasteiger partial charge in [-0.25, -0.2) is 9.97 Å². The smallest absolute Gasteiger partial charge is 0.148 e. The predicted molar refractivity (Wildman–Crippen MR) is 56.1 cm³/mol. The first-order valence-corrected chi connectivity index (χ1v) is 5.18. The molecule has 1 fully saturated rings. The normalized spacial score (nSPS) is 26.8. The Bertz CT molecular complexity index is 320. The summed E-state index contributed by atoms with van der Waals surface area (Å²) in [5.74, 6) is 0.951. The molecule has 0 aromatic carbocycles. The van der Waals surface area contributed by atoms with Crippen molar-refractivity contribution in [1.82, 2.24) is 15.3 Å². The SMILES string of the molecule is Cc1cc(C)nc([C@]2(C)CCCN2)n1. The molecule has 1 aliphatic rings. The second-order valence-corrected chi connectivity index (χ2v) is 4.34. The van der Waals surface area contributed by atoms with Crippen LogP contribution in [0.5, 0.6) is 0 Å². The van der Waals surface area contributed by atoms with Crippen LogP contribution in [-0.2, 0) is 5.54 Å². The van der Waals surface area contributed by atoms with Crippen molar-refractivity contribution < 1.29 is 0 Å². The minimum absolute atomic E-state index is 0.00319. The molecule has 76 valence electrons. The van der Waals surface area contributed by atoms with Crippen LogP contribution in [0.15, 0.2) is 6.07 Å². The predicted octanol–water partition coefficient (Wildman–Crippen LogP) is 1.69. The second-order valence-electron chi connectivity index (χ2n) is 4.34. The lowest BCUT2D eigenvalue weighted by Crippen LogP contribution is -2.35. The standard InChI is InChI=1S/C11H17N3/c1-8-7-9(2)14-10(13-8)11(3)5-4-6-12-11/h7,12H,4-6H2,1-3H3/t11-/m0/s1. The van der Waals surface area contributed by atoms with Crippen molar-refractivity contribution in [2.24, 2.45) is 0 Å². The Morgan fingerprint density at radius 3 is 2.43 bits per heavy atom. The van der Waals surface area contributed by atoms with E-state index in [0.717, 1.165) is 30.2 Å². The van der Waals surface area contributed by atoms with Crippen molar-refractivity contribution in [1.29, 1.82) is 0 Å². The van der Waals surface area contributed by atoms with Crippen LogP contribution in [-0.4, -0.2) is 16.5 Å². The Balaban J connectivity index is 2.40. The lowest BCUT2D eigenvalue weighted by atomic mass is 9.99. The molecule has 0 saturated carbocycles. The van der Waals surface area contributed by atoms with E-state index in [4.69, 9.17) is 0 Å². The molecule has 2 heterocycles. The van der Waals surface area contributed by atoms with Crippen molar-refractivity contribution in [3.05, 3.63) is 23.3 Å². The van der Waals surface area contributed by atoms with Crippen molar-refractivity contribution in [2.75, 3.05) is 6.54 Å². The van der Waals surface area contributed by atoms with Crippen LogP contribution < -0.4 is 5.32 Å². The van der Waals surface area contributed by atoms with Crippen LogP contribution in [0.25, 0.3) is 0 Å². The average Bonchev–Trinajstić information content (AvgIpc) is 2.52. The van der Waals surface area contributed by atoms with Crippen LogP contribution in [0.4, 0.5) is 0 Å². The Hall–Kier alpha value is -0.960. The van der Waals surface area contributed by atoms with Gasteiger partial charge in [0, 0.05) is 11.4 Å². The fraction of sp³-hybridized carbons (Fsp3) is 0.636. The molecule has 3 heteroatoms. The summed E-state index contributed by atoms with van der Waals surface area (Å²) in [6, 6.07) is 2.02. The van der Waals surface area contributed by atoms with Crippen LogP contribution in [0.3, 0.4) is 0 Å². The highest BCUT2D eigenvalue weighted by Gasteiger charge is 2.32. The van der Waals surface area contributed by atoms with E-state index < -0.39 is 0 Å². The minimum Gasteiger partial charge on any atom is -0.305 e. The average molecular weight is 191 g/mol. The van der Waals surface area contributed by atoms with Crippen LogP contribution in [0.1, 0.15) is 37.0 Å². The molecule has 1 aromatic rings. The number of nitrogens with one attached hydrogen (secondary N) is 1. The summed E-state index contributed by atoms with van der Waals surface area (Å²) in [5, 5.41) is 3.48. The van der Waals surface area contributed by atoms with E-state index in [1.165, 1.54) is 6.42 Å². The second kappa shape index (κ2) is 3.31. The molecule has 1 N–H and O–H groups in total. The number of aromatic nitrogens is 2. The first-order valence-electron chi connectivity index (χ1n) is 5.18. The van der Waals surface area contributed by atoms with Gasteiger partial charge < -0.3 is 5.32 Å². The van der Waals surface area contributed by atoms with Crippen LogP contribution in [0, 0.1) is 13.8 Å². The zero-order valence-electron chi connectivity index (χ0n) is 9.09. The van der Waals surface area contributed by atoms with Crippen molar-refractivity contribution in [3.63, 3.8) is 0 Å². The quantitative estimate of drug-likeness (QED) is 0.734. The van der Waals surface area contributed by atoms with E-state index in [9.17, 15) is 0 Å². The third kappa shape index (κ3) is 1.64. The molecule has 0 unspecified atom stereocenters. The number of rotatable bonds is 1. The van der Waals surface area contributed by atoms with Gasteiger partial charge in [0.05, 0.1) is 5.54 Å². The van der Waals surface area contributed by atoms with Gasteiger partial charge in [-0.1, -0.05) is 0 Å². The fourth-order valence-electron chi connectivity index (χ4n) is 2.06. The van der Waals surface area contributed by atoms with E-state index in [1.807, 2.05) is 19.9 Å². The van der Waals surface area contributed by atoms with Crippen molar-refractivity contribution in [3.8, 4) is 0 Å². The van der Waals surface area contributed by atoms with E-state index >= 15 is 0 Å². The van der Waals surface area contributed by atoms with Gasteiger partial charge in [0.25, 0.3) is 0 Å². The van der Waals surface area contributed by atoms with Gasteiger partial charge >= 0.3 is 0 Å². The van der Waals surface area contributed by atoms with Gasteiger partial charge in [0.15, 0.2) is 0 Å². The zero-order valence-corrected chi connectivity index (χ0v) is 9.09. The van der Waals surface area contributed by atoms with Crippen molar-refractivity contribution >= 4 is 0 Å². The highest BCUT2D eigenvalue weighted by Crippen LogP contribution is 2.27. The summed E-state index contributed by atoms with van der Waals surface area (Å²) in [6.45, 7) is 7.31. The molecule has 1 aromatic heterocycles. The lowest BCUT2D eigenvalue weighted by Gasteiger charge is -2.22. The van der Waals surface area contributed by atoms with E-state index in [1.54, 1.807) is 0 Å². The molecule has 1 aliphatic heterocycles. The number of hydrogen-bond acceptors (Lipinski definition) is 3. The summed E-state index contributed by atoms with van der Waals surface area (Å²) < 4.78 is 0. The summed E-state index contributed by atoms with van der Waals surface area (Å²) in [6.07, 6.45) is 2.35. The first-order chi connectivity index (χ1) is 6.60. The fourth-order valence-corrected chi connectivity index (χ4v) is 2.06. The van der Waals surface area contributed by atoms with Gasteiger partial charge in [-0.2, -0.15) is 0 Å². The first kappa shape index (κ1) is 9.59. The summed E-state index contributed by atoms with van der Waals surface area (Å²) >= 11 is 0. The summed E-state index contributed by atoms with van der Waals surface area (Å²) in [5.41, 5.74) is 2.11. The van der Waals surface area contributed by atoms with Crippen molar-refractivity contribution in [2.45, 2.75) is 39.2 Å². The highest BCUT2D eigenvalue weighted by atomic mass is 15.1. The molecular weight excluding hydrogens is 174 g/mol.